The van der Waals surface area contributed by atoms with Crippen molar-refractivity contribution in [2.24, 2.45) is 17.1 Å². The van der Waals surface area contributed by atoms with E-state index < -0.39 is 17.9 Å². The predicted molar refractivity (Wildman–Crippen MR) is 107 cm³/mol. The monoisotopic (exact) mass is 386 g/mol. The molecule has 152 valence electrons. The first-order valence-electron chi connectivity index (χ1n) is 9.66. The zero-order valence-electron chi connectivity index (χ0n) is 16.8. The summed E-state index contributed by atoms with van der Waals surface area (Å²) in [6.45, 7) is 6.06. The van der Waals surface area contributed by atoms with Crippen LogP contribution in [0.15, 0.2) is 36.3 Å². The summed E-state index contributed by atoms with van der Waals surface area (Å²) in [5.41, 5.74) is 7.32. The Balaban J connectivity index is 2.11. The predicted octanol–water partition coefficient (Wildman–Crippen LogP) is 2.21. The number of carbonyl (C=O) groups is 3. The Bertz CT molecular complexity index is 763. The maximum atomic E-state index is 12.9. The van der Waals surface area contributed by atoms with Crippen molar-refractivity contribution in [2.75, 3.05) is 0 Å². The number of hydrogen-bond donors (Lipinski definition) is 3. The van der Waals surface area contributed by atoms with Crippen LogP contribution in [-0.2, 0) is 20.8 Å². The molecule has 1 aliphatic rings. The Morgan fingerprint density at radius 3 is 2.64 bits per heavy atom. The molecule has 0 aromatic carbocycles. The quantitative estimate of drug-likeness (QED) is 0.571. The number of allylic oxidation sites excluding steroid dienone is 4. The van der Waals surface area contributed by atoms with Crippen molar-refractivity contribution >= 4 is 17.6 Å². The average molecular weight is 386 g/mol. The zero-order chi connectivity index (χ0) is 20.7. The maximum Gasteiger partial charge on any atom is 0.240 e. The smallest absolute Gasteiger partial charge is 0.240 e. The van der Waals surface area contributed by atoms with Gasteiger partial charge in [-0.05, 0) is 18.3 Å². The Kier molecular flexibility index (Phi) is 7.31. The third-order valence-corrected chi connectivity index (χ3v) is 4.95. The minimum atomic E-state index is -0.858. The molecule has 0 saturated carbocycles. The number of aromatic amines is 1. The fraction of sp³-hybridized carbons (Fsp3) is 0.524. The number of carbonyl (C=O) groups excluding carboxylic acids is 3. The first-order valence-corrected chi connectivity index (χ1v) is 9.66. The first kappa shape index (κ1) is 21.6. The first-order chi connectivity index (χ1) is 13.2. The molecule has 0 fully saturated rings. The summed E-state index contributed by atoms with van der Waals surface area (Å²) >= 11 is 0. The fourth-order valence-electron chi connectivity index (χ4n) is 3.41. The van der Waals surface area contributed by atoms with E-state index >= 15 is 0 Å². The van der Waals surface area contributed by atoms with Gasteiger partial charge < -0.3 is 16.0 Å². The molecule has 1 heterocycles. The molecular formula is C21H30N4O3. The number of primary amides is 1. The fourth-order valence-corrected chi connectivity index (χ4v) is 3.41. The summed E-state index contributed by atoms with van der Waals surface area (Å²) in [4.78, 5) is 43.6. The number of hydrogen-bond acceptors (Lipinski definition) is 4. The average Bonchev–Trinajstić information content (AvgIpc) is 3.12. The van der Waals surface area contributed by atoms with Gasteiger partial charge in [-0.25, -0.2) is 4.98 Å². The molecule has 0 aliphatic heterocycles. The van der Waals surface area contributed by atoms with Gasteiger partial charge in [-0.1, -0.05) is 44.6 Å². The van der Waals surface area contributed by atoms with E-state index in [2.05, 4.69) is 35.2 Å². The van der Waals surface area contributed by atoms with E-state index in [1.165, 1.54) is 6.33 Å². The van der Waals surface area contributed by atoms with Gasteiger partial charge in [-0.2, -0.15) is 0 Å². The Morgan fingerprint density at radius 2 is 2.07 bits per heavy atom. The Labute approximate surface area is 165 Å². The Morgan fingerprint density at radius 1 is 1.32 bits per heavy atom. The van der Waals surface area contributed by atoms with Crippen LogP contribution in [0.5, 0.6) is 0 Å². The zero-order valence-corrected chi connectivity index (χ0v) is 16.8. The molecule has 7 nitrogen and oxygen atoms in total. The number of Topliss-reactive ketones (excluding diaryl/α,β-unsaturated/α-hetero) is 1. The molecule has 4 N–H and O–H groups in total. The molecule has 7 heteroatoms. The molecular weight excluding hydrogens is 356 g/mol. The van der Waals surface area contributed by atoms with Crippen LogP contribution < -0.4 is 11.1 Å². The third kappa shape index (κ3) is 6.48. The lowest BCUT2D eigenvalue weighted by molar-refractivity contribution is -0.132. The molecule has 1 aromatic rings. The van der Waals surface area contributed by atoms with Gasteiger partial charge in [-0.3, -0.25) is 14.4 Å². The van der Waals surface area contributed by atoms with Crippen LogP contribution in [0.3, 0.4) is 0 Å². The number of imidazole rings is 1. The van der Waals surface area contributed by atoms with Gasteiger partial charge in [0.25, 0.3) is 0 Å². The van der Waals surface area contributed by atoms with Gasteiger partial charge in [0.2, 0.25) is 11.8 Å². The summed E-state index contributed by atoms with van der Waals surface area (Å²) in [6, 6.07) is -0.858. The van der Waals surface area contributed by atoms with Gasteiger partial charge in [0.15, 0.2) is 0 Å². The summed E-state index contributed by atoms with van der Waals surface area (Å²) in [7, 11) is 0. The highest BCUT2D eigenvalue weighted by atomic mass is 16.2. The lowest BCUT2D eigenvalue weighted by Gasteiger charge is -2.27. The van der Waals surface area contributed by atoms with Gasteiger partial charge in [0, 0.05) is 37.1 Å². The van der Waals surface area contributed by atoms with Crippen LogP contribution in [0.25, 0.3) is 0 Å². The van der Waals surface area contributed by atoms with Crippen molar-refractivity contribution in [3.63, 3.8) is 0 Å². The third-order valence-electron chi connectivity index (χ3n) is 4.95. The molecule has 2 atom stereocenters. The molecule has 0 saturated heterocycles. The number of nitrogens with two attached hydrogens (primary N) is 1. The molecule has 0 spiro atoms. The molecule has 0 radical (unpaired) electrons. The number of nitrogens with zero attached hydrogens (tertiary/aromatic N) is 1. The van der Waals surface area contributed by atoms with E-state index in [4.69, 9.17) is 5.73 Å². The topological polar surface area (TPSA) is 118 Å². The largest absolute Gasteiger partial charge is 0.368 e. The number of rotatable bonds is 10. The summed E-state index contributed by atoms with van der Waals surface area (Å²) < 4.78 is 0. The number of amides is 2. The van der Waals surface area contributed by atoms with Crippen molar-refractivity contribution in [1.82, 2.24) is 15.3 Å². The van der Waals surface area contributed by atoms with Crippen molar-refractivity contribution < 1.29 is 14.4 Å². The number of H-pyrrole nitrogens is 1. The van der Waals surface area contributed by atoms with Crippen LogP contribution in [0, 0.1) is 11.3 Å². The van der Waals surface area contributed by atoms with E-state index in [0.717, 1.165) is 12.0 Å². The highest BCUT2D eigenvalue weighted by Crippen LogP contribution is 2.34. The Hall–Kier alpha value is -2.70. The lowest BCUT2D eigenvalue weighted by atomic mass is 9.78. The highest BCUT2D eigenvalue weighted by Gasteiger charge is 2.29. The second-order valence-corrected chi connectivity index (χ2v) is 8.09. The molecule has 0 bridgehead atoms. The number of nitrogens with one attached hydrogen (secondary N) is 2. The highest BCUT2D eigenvalue weighted by molar-refractivity contribution is 5.90. The minimum absolute atomic E-state index is 0.0237. The normalized spacial score (nSPS) is 17.5. The standard InChI is InChI=1S/C21H30N4O3/c1-4-17(26)9-15(8-14-6-5-7-21(2,3)11-14)20(28)25-18(19(22)27)10-16-12-23-13-24-16/h5-7,12-13,15,18H,4,8-11H2,1-3H3,(H2,22,27)(H,23,24)(H,25,28). The van der Waals surface area contributed by atoms with Crippen LogP contribution in [0.1, 0.15) is 52.1 Å². The SMILES string of the molecule is CCC(=O)CC(CC1=CC=CC(C)(C)C1)C(=O)NC(Cc1cnc[nH]1)C(N)=O. The summed E-state index contributed by atoms with van der Waals surface area (Å²) in [6.07, 6.45) is 11.3. The summed E-state index contributed by atoms with van der Waals surface area (Å²) in [5.74, 6) is -1.44. The second kappa shape index (κ2) is 9.48. The number of ketones is 1. The van der Waals surface area contributed by atoms with Crippen molar-refractivity contribution in [3.8, 4) is 0 Å². The minimum Gasteiger partial charge on any atom is -0.368 e. The van der Waals surface area contributed by atoms with Crippen LogP contribution in [0.4, 0.5) is 0 Å². The number of aromatic nitrogens is 2. The molecule has 2 unspecified atom stereocenters. The van der Waals surface area contributed by atoms with Crippen LogP contribution in [0.2, 0.25) is 0 Å². The van der Waals surface area contributed by atoms with Gasteiger partial charge in [0.05, 0.1) is 6.33 Å². The van der Waals surface area contributed by atoms with Crippen LogP contribution in [-0.4, -0.2) is 33.6 Å². The van der Waals surface area contributed by atoms with Gasteiger partial charge in [0.1, 0.15) is 11.8 Å². The molecule has 2 amide bonds. The van der Waals surface area contributed by atoms with Crippen LogP contribution >= 0.6 is 0 Å². The van der Waals surface area contributed by atoms with Crippen molar-refractivity contribution in [3.05, 3.63) is 42.0 Å². The molecule has 1 aliphatic carbocycles. The second-order valence-electron chi connectivity index (χ2n) is 8.09. The van der Waals surface area contributed by atoms with Gasteiger partial charge >= 0.3 is 0 Å². The van der Waals surface area contributed by atoms with E-state index in [9.17, 15) is 14.4 Å². The molecule has 1 aromatic heterocycles. The van der Waals surface area contributed by atoms with E-state index in [1.807, 2.05) is 12.2 Å². The summed E-state index contributed by atoms with van der Waals surface area (Å²) in [5, 5.41) is 2.74. The lowest BCUT2D eigenvalue weighted by Crippen LogP contribution is -2.48. The maximum absolute atomic E-state index is 12.9. The van der Waals surface area contributed by atoms with Crippen molar-refractivity contribution in [2.45, 2.75) is 58.9 Å². The van der Waals surface area contributed by atoms with Gasteiger partial charge in [-0.15, -0.1) is 0 Å². The molecule has 2 rings (SSSR count). The molecule has 28 heavy (non-hydrogen) atoms. The van der Waals surface area contributed by atoms with E-state index in [1.54, 1.807) is 13.1 Å². The van der Waals surface area contributed by atoms with Crippen molar-refractivity contribution in [1.29, 1.82) is 0 Å². The van der Waals surface area contributed by atoms with E-state index in [0.29, 0.717) is 18.5 Å². The van der Waals surface area contributed by atoms with E-state index in [-0.39, 0.29) is 29.9 Å².